The lowest BCUT2D eigenvalue weighted by Crippen LogP contribution is -2.26. The first-order valence-corrected chi connectivity index (χ1v) is 12.1. The topological polar surface area (TPSA) is 102 Å². The normalized spacial score (nSPS) is 14.0. The number of nitrogens with one attached hydrogen (secondary N) is 1. The van der Waals surface area contributed by atoms with Gasteiger partial charge in [0, 0.05) is 16.8 Å². The molecular formula is C30H22F3N3O4. The molecule has 0 aliphatic carbocycles. The summed E-state index contributed by atoms with van der Waals surface area (Å²) in [5.41, 5.74) is 4.80. The molecule has 3 N–H and O–H groups in total. The number of rotatable bonds is 5. The number of nitrogens with zero attached hydrogens (tertiary/aromatic N) is 2. The van der Waals surface area contributed by atoms with Crippen LogP contribution in [0.1, 0.15) is 32.6 Å². The van der Waals surface area contributed by atoms with Crippen LogP contribution < -0.4 is 10.3 Å². The molecule has 0 atom stereocenters. The second-order valence-electron chi connectivity index (χ2n) is 9.38. The van der Waals surface area contributed by atoms with Gasteiger partial charge in [0.2, 0.25) is 0 Å². The molecule has 0 aromatic heterocycles. The average molecular weight is 546 g/mol. The number of aromatic carboxylic acids is 1. The molecule has 1 amide bonds. The van der Waals surface area contributed by atoms with Gasteiger partial charge in [-0.2, -0.15) is 18.3 Å². The number of phenols is 1. The second-order valence-corrected chi connectivity index (χ2v) is 9.38. The van der Waals surface area contributed by atoms with Crippen molar-refractivity contribution >= 4 is 34.7 Å². The molecule has 0 saturated carbocycles. The van der Waals surface area contributed by atoms with Crippen molar-refractivity contribution < 1.29 is 33.0 Å². The number of carboxylic acid groups (broad SMARTS) is 1. The smallest absolute Gasteiger partial charge is 0.416 e. The summed E-state index contributed by atoms with van der Waals surface area (Å²) in [6.07, 6.45) is -4.62. The van der Waals surface area contributed by atoms with Crippen molar-refractivity contribution in [2.75, 3.05) is 10.3 Å². The zero-order valence-electron chi connectivity index (χ0n) is 21.2. The molecule has 10 heteroatoms. The number of amides is 1. The first-order chi connectivity index (χ1) is 18.9. The Bertz CT molecular complexity index is 1690. The van der Waals surface area contributed by atoms with Gasteiger partial charge in [-0.15, -0.1) is 0 Å². The van der Waals surface area contributed by atoms with Crippen molar-refractivity contribution in [3.05, 3.63) is 107 Å². The molecule has 0 bridgehead atoms. The highest BCUT2D eigenvalue weighted by molar-refractivity contribution is 6.55. The Hall–Kier alpha value is -5.12. The van der Waals surface area contributed by atoms with Gasteiger partial charge in [-0.1, -0.05) is 30.3 Å². The molecule has 0 fully saturated rings. The number of phenolic OH excluding ortho intramolecular Hbond substituents is 1. The minimum atomic E-state index is -4.62. The first-order valence-electron chi connectivity index (χ1n) is 12.1. The summed E-state index contributed by atoms with van der Waals surface area (Å²) in [4.78, 5) is 26.2. The Kier molecular flexibility index (Phi) is 6.54. The number of hydrogen-bond acceptors (Lipinski definition) is 5. The van der Waals surface area contributed by atoms with Crippen LogP contribution in [0.2, 0.25) is 0 Å². The van der Waals surface area contributed by atoms with E-state index in [1.54, 1.807) is 36.4 Å². The summed E-state index contributed by atoms with van der Waals surface area (Å²) in [6, 6.07) is 19.0. The van der Waals surface area contributed by atoms with Crippen LogP contribution in [-0.2, 0) is 11.0 Å². The van der Waals surface area contributed by atoms with E-state index in [0.717, 1.165) is 23.3 Å². The molecule has 202 valence electrons. The minimum Gasteiger partial charge on any atom is -0.505 e. The Labute approximate surface area is 226 Å². The summed E-state index contributed by atoms with van der Waals surface area (Å²) in [5, 5.41) is 24.4. The van der Waals surface area contributed by atoms with Gasteiger partial charge >= 0.3 is 12.1 Å². The maximum Gasteiger partial charge on any atom is 0.416 e. The van der Waals surface area contributed by atoms with Crippen LogP contribution in [0, 0.1) is 13.8 Å². The molecule has 40 heavy (non-hydrogen) atoms. The van der Waals surface area contributed by atoms with Gasteiger partial charge < -0.3 is 10.2 Å². The zero-order valence-corrected chi connectivity index (χ0v) is 21.2. The summed E-state index contributed by atoms with van der Waals surface area (Å²) in [7, 11) is 0. The second kappa shape index (κ2) is 9.88. The molecule has 0 unspecified atom stereocenters. The number of aryl methyl sites for hydroxylation is 2. The number of hydrogen-bond donors (Lipinski definition) is 3. The lowest BCUT2D eigenvalue weighted by Gasteiger charge is -2.19. The van der Waals surface area contributed by atoms with Crippen LogP contribution in [0.3, 0.4) is 0 Å². The highest BCUT2D eigenvalue weighted by atomic mass is 19.4. The van der Waals surface area contributed by atoms with Crippen molar-refractivity contribution in [2.45, 2.75) is 20.0 Å². The van der Waals surface area contributed by atoms with Crippen molar-refractivity contribution in [1.82, 2.24) is 0 Å². The molecular weight excluding hydrogens is 523 g/mol. The van der Waals surface area contributed by atoms with Crippen LogP contribution in [0.4, 0.5) is 30.2 Å². The highest BCUT2D eigenvalue weighted by Gasteiger charge is 2.39. The largest absolute Gasteiger partial charge is 0.505 e. The molecule has 1 heterocycles. The summed E-state index contributed by atoms with van der Waals surface area (Å²) in [5.74, 6) is -2.02. The maximum absolute atomic E-state index is 13.6. The predicted molar refractivity (Wildman–Crippen MR) is 145 cm³/mol. The van der Waals surface area contributed by atoms with E-state index in [-0.39, 0.29) is 34.0 Å². The molecule has 0 spiro atoms. The average Bonchev–Trinajstić information content (AvgIpc) is 3.17. The van der Waals surface area contributed by atoms with E-state index in [9.17, 15) is 33.0 Å². The monoisotopic (exact) mass is 545 g/mol. The van der Waals surface area contributed by atoms with Crippen LogP contribution in [-0.4, -0.2) is 27.8 Å². The van der Waals surface area contributed by atoms with Crippen molar-refractivity contribution in [2.24, 2.45) is 5.10 Å². The highest BCUT2D eigenvalue weighted by Crippen LogP contribution is 2.41. The number of aromatic hydroxyl groups is 1. The van der Waals surface area contributed by atoms with E-state index in [4.69, 9.17) is 0 Å². The SMILES string of the molecule is Cc1cc(C)cc(N2C(=O)/C(=N\Nc3cccc(-c4cccc(C(=O)O)c4)c3O)c3ccc(C(F)(F)F)cc32)c1. The third kappa shape index (κ3) is 4.86. The van der Waals surface area contributed by atoms with Crippen molar-refractivity contribution in [3.8, 4) is 16.9 Å². The van der Waals surface area contributed by atoms with Gasteiger partial charge in [-0.05, 0) is 79.1 Å². The van der Waals surface area contributed by atoms with E-state index >= 15 is 0 Å². The Morgan fingerprint density at radius 2 is 1.60 bits per heavy atom. The number of hydrazone groups is 1. The van der Waals surface area contributed by atoms with Gasteiger partial charge in [-0.3, -0.25) is 15.1 Å². The quantitative estimate of drug-likeness (QED) is 0.187. The number of alkyl halides is 3. The molecule has 4 aromatic carbocycles. The third-order valence-corrected chi connectivity index (χ3v) is 6.44. The van der Waals surface area contributed by atoms with Gasteiger partial charge in [-0.25, -0.2) is 4.79 Å². The number of fused-ring (bicyclic) bond motifs is 1. The number of carbonyl (C=O) groups excluding carboxylic acids is 1. The maximum atomic E-state index is 13.6. The number of carbonyl (C=O) groups is 2. The minimum absolute atomic E-state index is 0.0355. The van der Waals surface area contributed by atoms with Crippen LogP contribution >= 0.6 is 0 Å². The zero-order chi connectivity index (χ0) is 28.8. The molecule has 0 saturated heterocycles. The van der Waals surface area contributed by atoms with E-state index < -0.39 is 23.6 Å². The van der Waals surface area contributed by atoms with Gasteiger partial charge in [0.15, 0.2) is 5.71 Å². The number of carboxylic acids is 1. The van der Waals surface area contributed by atoms with Crippen LogP contribution in [0.25, 0.3) is 11.1 Å². The number of para-hydroxylation sites is 1. The third-order valence-electron chi connectivity index (χ3n) is 6.44. The van der Waals surface area contributed by atoms with E-state index in [2.05, 4.69) is 10.5 Å². The van der Waals surface area contributed by atoms with E-state index in [1.807, 2.05) is 19.9 Å². The summed E-state index contributed by atoms with van der Waals surface area (Å²) < 4.78 is 40.7. The van der Waals surface area contributed by atoms with Crippen molar-refractivity contribution in [3.63, 3.8) is 0 Å². The number of anilines is 3. The lowest BCUT2D eigenvalue weighted by atomic mass is 10.0. The Balaban J connectivity index is 1.57. The fourth-order valence-electron chi connectivity index (χ4n) is 4.67. The molecule has 1 aliphatic rings. The van der Waals surface area contributed by atoms with Crippen molar-refractivity contribution in [1.29, 1.82) is 0 Å². The predicted octanol–water partition coefficient (Wildman–Crippen LogP) is 6.89. The first kappa shape index (κ1) is 26.5. The van der Waals surface area contributed by atoms with Crippen LogP contribution in [0.5, 0.6) is 5.75 Å². The van der Waals surface area contributed by atoms with Gasteiger partial charge in [0.05, 0.1) is 22.5 Å². The van der Waals surface area contributed by atoms with E-state index in [0.29, 0.717) is 16.8 Å². The lowest BCUT2D eigenvalue weighted by molar-refractivity contribution is -0.137. The van der Waals surface area contributed by atoms with Crippen LogP contribution in [0.15, 0.2) is 84.0 Å². The number of halogens is 3. The standard InChI is InChI=1S/C30H22F3N3O4/c1-16-11-17(2)13-21(12-16)36-25-15-20(30(31,32)33)9-10-23(25)26(28(36)38)35-34-24-8-4-7-22(27(24)37)18-5-3-6-19(14-18)29(39)40/h3-15,34,37H,1-2H3,(H,39,40)/b35-26-. The summed E-state index contributed by atoms with van der Waals surface area (Å²) in [6.45, 7) is 3.64. The molecule has 7 nitrogen and oxygen atoms in total. The Morgan fingerprint density at radius 3 is 2.27 bits per heavy atom. The van der Waals surface area contributed by atoms with Gasteiger partial charge in [0.25, 0.3) is 5.91 Å². The van der Waals surface area contributed by atoms with Gasteiger partial charge in [0.1, 0.15) is 5.75 Å². The molecule has 4 aromatic rings. The van der Waals surface area contributed by atoms with E-state index in [1.165, 1.54) is 29.2 Å². The number of benzene rings is 4. The fourth-order valence-corrected chi connectivity index (χ4v) is 4.67. The Morgan fingerprint density at radius 1 is 0.900 bits per heavy atom. The summed E-state index contributed by atoms with van der Waals surface area (Å²) >= 11 is 0. The fraction of sp³-hybridized carbons (Fsp3) is 0.100. The molecule has 0 radical (unpaired) electrons. The molecule has 1 aliphatic heterocycles. The molecule has 5 rings (SSSR count).